The van der Waals surface area contributed by atoms with E-state index in [-0.39, 0.29) is 18.5 Å². The number of likely N-dealkylation sites (N-methyl/N-ethyl adjacent to an activating group) is 1. The fourth-order valence-corrected chi connectivity index (χ4v) is 1.70. The summed E-state index contributed by atoms with van der Waals surface area (Å²) in [7, 11) is 3.47. The summed E-state index contributed by atoms with van der Waals surface area (Å²) in [5.74, 6) is 0.496. The number of anilines is 1. The highest BCUT2D eigenvalue weighted by Gasteiger charge is 2.10. The monoisotopic (exact) mass is 295 g/mol. The molecule has 0 aromatic carbocycles. The molecule has 0 radical (unpaired) electrons. The van der Waals surface area contributed by atoms with E-state index >= 15 is 0 Å². The number of rotatable bonds is 9. The van der Waals surface area contributed by atoms with Crippen LogP contribution >= 0.6 is 0 Å². The molecule has 0 fully saturated rings. The van der Waals surface area contributed by atoms with E-state index in [9.17, 15) is 4.79 Å². The molecule has 0 bridgehead atoms. The van der Waals surface area contributed by atoms with Gasteiger partial charge in [-0.1, -0.05) is 0 Å². The predicted molar refractivity (Wildman–Crippen MR) is 82.2 cm³/mol. The molecule has 118 valence electrons. The lowest BCUT2D eigenvalue weighted by atomic mass is 10.3. The Morgan fingerprint density at radius 1 is 1.38 bits per heavy atom. The third kappa shape index (κ3) is 7.01. The standard InChI is InChI=1S/C14H25N5O2/c1-11(2)18-13(20)10-19(3)14-16-8-12(9-17-14)7-15-5-6-21-4/h8-9,11,15H,5-7,10H2,1-4H3,(H,18,20). The minimum Gasteiger partial charge on any atom is -0.383 e. The largest absolute Gasteiger partial charge is 0.383 e. The van der Waals surface area contributed by atoms with Gasteiger partial charge in [0.25, 0.3) is 0 Å². The normalized spacial score (nSPS) is 10.7. The van der Waals surface area contributed by atoms with Gasteiger partial charge in [-0.05, 0) is 13.8 Å². The highest BCUT2D eigenvalue weighted by molar-refractivity contribution is 5.80. The molecule has 0 aliphatic carbocycles. The van der Waals surface area contributed by atoms with Gasteiger partial charge in [-0.25, -0.2) is 9.97 Å². The zero-order valence-corrected chi connectivity index (χ0v) is 13.2. The summed E-state index contributed by atoms with van der Waals surface area (Å²) in [4.78, 5) is 21.9. The van der Waals surface area contributed by atoms with Gasteiger partial charge < -0.3 is 20.3 Å². The molecule has 0 unspecified atom stereocenters. The summed E-state index contributed by atoms with van der Waals surface area (Å²) in [6.45, 7) is 6.25. The number of carbonyl (C=O) groups is 1. The first-order valence-electron chi connectivity index (χ1n) is 7.04. The van der Waals surface area contributed by atoms with Crippen LogP contribution in [0.1, 0.15) is 19.4 Å². The van der Waals surface area contributed by atoms with E-state index < -0.39 is 0 Å². The summed E-state index contributed by atoms with van der Waals surface area (Å²) in [6.07, 6.45) is 3.53. The Morgan fingerprint density at radius 2 is 2.05 bits per heavy atom. The summed E-state index contributed by atoms with van der Waals surface area (Å²) >= 11 is 0. The third-order valence-electron chi connectivity index (χ3n) is 2.68. The topological polar surface area (TPSA) is 79.4 Å². The van der Waals surface area contributed by atoms with Gasteiger partial charge in [0.2, 0.25) is 11.9 Å². The summed E-state index contributed by atoms with van der Waals surface area (Å²) in [5.41, 5.74) is 0.995. The number of hydrogen-bond donors (Lipinski definition) is 2. The average Bonchev–Trinajstić information content (AvgIpc) is 2.43. The number of methoxy groups -OCH3 is 1. The maximum Gasteiger partial charge on any atom is 0.239 e. The van der Waals surface area contributed by atoms with Crippen LogP contribution in [-0.4, -0.2) is 55.8 Å². The molecule has 1 heterocycles. The number of ether oxygens (including phenoxy) is 1. The van der Waals surface area contributed by atoms with E-state index in [1.54, 1.807) is 31.5 Å². The van der Waals surface area contributed by atoms with Crippen LogP contribution < -0.4 is 15.5 Å². The quantitative estimate of drug-likeness (QED) is 0.632. The fraction of sp³-hybridized carbons (Fsp3) is 0.643. The van der Waals surface area contributed by atoms with Gasteiger partial charge in [0.15, 0.2) is 0 Å². The molecule has 0 aliphatic rings. The van der Waals surface area contributed by atoms with Crippen molar-refractivity contribution in [3.63, 3.8) is 0 Å². The predicted octanol–water partition coefficient (Wildman–Crippen LogP) is 0.173. The van der Waals surface area contributed by atoms with Crippen molar-refractivity contribution in [2.75, 3.05) is 38.8 Å². The van der Waals surface area contributed by atoms with Crippen LogP contribution in [0.15, 0.2) is 12.4 Å². The Hall–Kier alpha value is -1.73. The number of amides is 1. The minimum atomic E-state index is -0.0404. The van der Waals surface area contributed by atoms with Gasteiger partial charge in [0.1, 0.15) is 0 Å². The molecular weight excluding hydrogens is 270 g/mol. The molecular formula is C14H25N5O2. The van der Waals surface area contributed by atoms with Gasteiger partial charge in [0, 0.05) is 51.2 Å². The van der Waals surface area contributed by atoms with Gasteiger partial charge in [-0.15, -0.1) is 0 Å². The Morgan fingerprint density at radius 3 is 2.62 bits per heavy atom. The molecule has 21 heavy (non-hydrogen) atoms. The van der Waals surface area contributed by atoms with E-state index in [2.05, 4.69) is 20.6 Å². The van der Waals surface area contributed by atoms with Crippen LogP contribution in [0.2, 0.25) is 0 Å². The maximum absolute atomic E-state index is 11.7. The van der Waals surface area contributed by atoms with Crippen molar-refractivity contribution in [3.8, 4) is 0 Å². The van der Waals surface area contributed by atoms with Crippen LogP contribution in [0.4, 0.5) is 5.95 Å². The fourth-order valence-electron chi connectivity index (χ4n) is 1.70. The SMILES string of the molecule is COCCNCc1cnc(N(C)CC(=O)NC(C)C)nc1. The Bertz CT molecular complexity index is 422. The van der Waals surface area contributed by atoms with Gasteiger partial charge in [-0.3, -0.25) is 4.79 Å². The van der Waals surface area contributed by atoms with Gasteiger partial charge >= 0.3 is 0 Å². The highest BCUT2D eigenvalue weighted by Crippen LogP contribution is 2.04. The molecule has 1 aromatic rings. The Labute approximate surface area is 126 Å². The van der Waals surface area contributed by atoms with Gasteiger partial charge in [-0.2, -0.15) is 0 Å². The van der Waals surface area contributed by atoms with E-state index in [1.165, 1.54) is 0 Å². The van der Waals surface area contributed by atoms with Crippen LogP contribution in [0.5, 0.6) is 0 Å². The molecule has 0 saturated heterocycles. The van der Waals surface area contributed by atoms with Crippen LogP contribution in [0.25, 0.3) is 0 Å². The van der Waals surface area contributed by atoms with Crippen molar-refractivity contribution in [2.24, 2.45) is 0 Å². The van der Waals surface area contributed by atoms with Crippen LogP contribution in [-0.2, 0) is 16.1 Å². The summed E-state index contributed by atoms with van der Waals surface area (Å²) < 4.78 is 4.96. The Balaban J connectivity index is 2.43. The number of nitrogens with zero attached hydrogens (tertiary/aromatic N) is 3. The van der Waals surface area contributed by atoms with E-state index in [0.29, 0.717) is 19.1 Å². The Kier molecular flexibility index (Phi) is 7.63. The number of nitrogens with one attached hydrogen (secondary N) is 2. The number of aromatic nitrogens is 2. The number of carbonyl (C=O) groups excluding carboxylic acids is 1. The molecule has 1 rings (SSSR count). The lowest BCUT2D eigenvalue weighted by Crippen LogP contribution is -2.39. The molecule has 0 aliphatic heterocycles. The highest BCUT2D eigenvalue weighted by atomic mass is 16.5. The first-order chi connectivity index (χ1) is 10.0. The third-order valence-corrected chi connectivity index (χ3v) is 2.68. The zero-order valence-electron chi connectivity index (χ0n) is 13.2. The van der Waals surface area contributed by atoms with E-state index in [1.807, 2.05) is 13.8 Å². The van der Waals surface area contributed by atoms with Crippen LogP contribution in [0.3, 0.4) is 0 Å². The van der Waals surface area contributed by atoms with Crippen molar-refractivity contribution in [1.29, 1.82) is 0 Å². The minimum absolute atomic E-state index is 0.0404. The molecule has 1 aromatic heterocycles. The molecule has 7 heteroatoms. The molecule has 2 N–H and O–H groups in total. The zero-order chi connectivity index (χ0) is 15.7. The van der Waals surface area contributed by atoms with Gasteiger partial charge in [0.05, 0.1) is 13.2 Å². The first kappa shape index (κ1) is 17.3. The second-order valence-electron chi connectivity index (χ2n) is 5.14. The van der Waals surface area contributed by atoms with Crippen LogP contribution in [0, 0.1) is 0 Å². The number of hydrogen-bond acceptors (Lipinski definition) is 6. The molecule has 0 atom stereocenters. The average molecular weight is 295 g/mol. The van der Waals surface area contributed by atoms with Crippen molar-refractivity contribution < 1.29 is 9.53 Å². The summed E-state index contributed by atoms with van der Waals surface area (Å²) in [6, 6.07) is 0.132. The molecule has 0 saturated carbocycles. The molecule has 7 nitrogen and oxygen atoms in total. The molecule has 0 spiro atoms. The van der Waals surface area contributed by atoms with E-state index in [0.717, 1.165) is 12.1 Å². The summed E-state index contributed by atoms with van der Waals surface area (Å²) in [5, 5.41) is 6.06. The lowest BCUT2D eigenvalue weighted by Gasteiger charge is -2.17. The van der Waals surface area contributed by atoms with Crippen molar-refractivity contribution in [3.05, 3.63) is 18.0 Å². The second kappa shape index (κ2) is 9.25. The lowest BCUT2D eigenvalue weighted by molar-refractivity contribution is -0.120. The first-order valence-corrected chi connectivity index (χ1v) is 7.04. The smallest absolute Gasteiger partial charge is 0.239 e. The van der Waals surface area contributed by atoms with Crippen molar-refractivity contribution >= 4 is 11.9 Å². The maximum atomic E-state index is 11.7. The van der Waals surface area contributed by atoms with Crippen molar-refractivity contribution in [1.82, 2.24) is 20.6 Å². The second-order valence-corrected chi connectivity index (χ2v) is 5.14. The van der Waals surface area contributed by atoms with Crippen molar-refractivity contribution in [2.45, 2.75) is 26.4 Å². The molecule has 1 amide bonds. The van der Waals surface area contributed by atoms with E-state index in [4.69, 9.17) is 4.74 Å².